The Bertz CT molecular complexity index is 429. The Hall–Kier alpha value is -0.400. The Labute approximate surface area is 129 Å². The third-order valence-corrected chi connectivity index (χ3v) is 3.75. The van der Waals surface area contributed by atoms with E-state index in [1.54, 1.807) is 6.07 Å². The number of halogens is 4. The molecule has 1 aromatic carbocycles. The summed E-state index contributed by atoms with van der Waals surface area (Å²) in [6.07, 6.45) is 0. The van der Waals surface area contributed by atoms with E-state index in [1.807, 2.05) is 26.0 Å². The van der Waals surface area contributed by atoms with Gasteiger partial charge < -0.3 is 10.1 Å². The van der Waals surface area contributed by atoms with Gasteiger partial charge in [-0.1, -0.05) is 22.9 Å². The van der Waals surface area contributed by atoms with E-state index in [1.165, 1.54) is 0 Å². The number of thioether (sulfide) groups is 1. The maximum atomic E-state index is 12.0. The van der Waals surface area contributed by atoms with Crippen LogP contribution in [0.25, 0.3) is 0 Å². The monoisotopic (exact) mass is 371 g/mol. The van der Waals surface area contributed by atoms with Crippen LogP contribution in [0.1, 0.15) is 25.5 Å². The molecule has 1 atom stereocenters. The first-order valence-electron chi connectivity index (χ1n) is 6.19. The number of rotatable bonds is 7. The Morgan fingerprint density at radius 1 is 1.40 bits per heavy atom. The summed E-state index contributed by atoms with van der Waals surface area (Å²) in [5.74, 6) is 0.499. The van der Waals surface area contributed by atoms with Crippen molar-refractivity contribution in [1.29, 1.82) is 0 Å². The lowest BCUT2D eigenvalue weighted by atomic mass is 10.1. The molecule has 7 heteroatoms. The summed E-state index contributed by atoms with van der Waals surface area (Å²) in [6, 6.07) is 5.57. The lowest BCUT2D eigenvalue weighted by molar-refractivity contribution is -0.0329. The van der Waals surface area contributed by atoms with E-state index in [0.717, 1.165) is 16.6 Å². The van der Waals surface area contributed by atoms with Gasteiger partial charge in [0.15, 0.2) is 0 Å². The van der Waals surface area contributed by atoms with Gasteiger partial charge in [-0.2, -0.15) is 13.2 Å². The van der Waals surface area contributed by atoms with Gasteiger partial charge in [0, 0.05) is 21.8 Å². The molecule has 0 aliphatic carbocycles. The van der Waals surface area contributed by atoms with Crippen LogP contribution in [0, 0.1) is 0 Å². The van der Waals surface area contributed by atoms with Crippen LogP contribution in [0.4, 0.5) is 13.2 Å². The second kappa shape index (κ2) is 8.14. The Kier molecular flexibility index (Phi) is 7.19. The predicted molar refractivity (Wildman–Crippen MR) is 80.2 cm³/mol. The number of alkyl halides is 3. The maximum Gasteiger partial charge on any atom is 0.441 e. The van der Waals surface area contributed by atoms with E-state index in [4.69, 9.17) is 4.74 Å². The van der Waals surface area contributed by atoms with Gasteiger partial charge in [0.1, 0.15) is 5.75 Å². The van der Waals surface area contributed by atoms with Crippen molar-refractivity contribution >= 4 is 27.7 Å². The highest BCUT2D eigenvalue weighted by Crippen LogP contribution is 2.31. The molecule has 0 amide bonds. The molecule has 2 nitrogen and oxygen atoms in total. The van der Waals surface area contributed by atoms with Crippen molar-refractivity contribution in [2.45, 2.75) is 25.4 Å². The highest BCUT2D eigenvalue weighted by atomic mass is 79.9. The van der Waals surface area contributed by atoms with Gasteiger partial charge in [-0.15, -0.1) is 0 Å². The van der Waals surface area contributed by atoms with E-state index in [-0.39, 0.29) is 30.2 Å². The second-order valence-corrected chi connectivity index (χ2v) is 6.18. The molecule has 1 unspecified atom stereocenters. The molecule has 0 aliphatic rings. The summed E-state index contributed by atoms with van der Waals surface area (Å²) < 4.78 is 42.5. The van der Waals surface area contributed by atoms with Crippen LogP contribution in [0.5, 0.6) is 5.75 Å². The van der Waals surface area contributed by atoms with Gasteiger partial charge in [-0.05, 0) is 43.4 Å². The average Bonchev–Trinajstić information content (AvgIpc) is 2.35. The van der Waals surface area contributed by atoms with Crippen molar-refractivity contribution in [2.24, 2.45) is 0 Å². The molecule has 1 aromatic rings. The molecule has 0 aromatic heterocycles. The Balaban J connectivity index is 2.64. The molecule has 1 rings (SSSR count). The van der Waals surface area contributed by atoms with Gasteiger partial charge >= 0.3 is 5.51 Å². The minimum absolute atomic E-state index is 0.0255. The van der Waals surface area contributed by atoms with E-state index in [9.17, 15) is 13.2 Å². The lowest BCUT2D eigenvalue weighted by Gasteiger charge is -2.18. The summed E-state index contributed by atoms with van der Waals surface area (Å²) in [6.45, 7) is 4.81. The zero-order chi connectivity index (χ0) is 15.2. The normalized spacial score (nSPS) is 13.3. The quantitative estimate of drug-likeness (QED) is 0.698. The molecular weight excluding hydrogens is 355 g/mol. The van der Waals surface area contributed by atoms with Crippen LogP contribution >= 0.6 is 27.7 Å². The molecule has 0 fully saturated rings. The largest absolute Gasteiger partial charge is 0.492 e. The van der Waals surface area contributed by atoms with Crippen molar-refractivity contribution in [1.82, 2.24) is 5.32 Å². The highest BCUT2D eigenvalue weighted by molar-refractivity contribution is 9.10. The average molecular weight is 372 g/mol. The first-order valence-corrected chi connectivity index (χ1v) is 7.97. The standard InChI is InChI=1S/C13H17BrF3NOS/c1-3-18-9(2)11-8-10(14)4-5-12(11)19-6-7-20-13(15,16)17/h4-5,8-9,18H,3,6-7H2,1-2H3. The Morgan fingerprint density at radius 3 is 2.70 bits per heavy atom. The summed E-state index contributed by atoms with van der Waals surface area (Å²) in [7, 11) is 0. The molecule has 0 spiro atoms. The third kappa shape index (κ3) is 6.37. The molecule has 0 heterocycles. The van der Waals surface area contributed by atoms with Crippen molar-refractivity contribution in [3.05, 3.63) is 28.2 Å². The van der Waals surface area contributed by atoms with Crippen LogP contribution in [0.3, 0.4) is 0 Å². The third-order valence-electron chi connectivity index (χ3n) is 2.56. The first kappa shape index (κ1) is 17.7. The zero-order valence-corrected chi connectivity index (χ0v) is 13.7. The number of benzene rings is 1. The highest BCUT2D eigenvalue weighted by Gasteiger charge is 2.27. The van der Waals surface area contributed by atoms with Gasteiger partial charge in [0.2, 0.25) is 0 Å². The van der Waals surface area contributed by atoms with Gasteiger partial charge in [0.05, 0.1) is 6.61 Å². The lowest BCUT2D eigenvalue weighted by Crippen LogP contribution is -2.19. The molecule has 0 radical (unpaired) electrons. The molecule has 0 aliphatic heterocycles. The summed E-state index contributed by atoms with van der Waals surface area (Å²) in [5.41, 5.74) is -3.28. The zero-order valence-electron chi connectivity index (χ0n) is 11.3. The van der Waals surface area contributed by atoms with Crippen LogP contribution in [-0.4, -0.2) is 24.4 Å². The summed E-state index contributed by atoms with van der Waals surface area (Å²) in [5, 5.41) is 3.26. The summed E-state index contributed by atoms with van der Waals surface area (Å²) in [4.78, 5) is 0. The van der Waals surface area contributed by atoms with Gasteiger partial charge in [-0.25, -0.2) is 0 Å². The van der Waals surface area contributed by atoms with Crippen LogP contribution in [-0.2, 0) is 0 Å². The number of hydrogen-bond acceptors (Lipinski definition) is 3. The van der Waals surface area contributed by atoms with Crippen LogP contribution in [0.15, 0.2) is 22.7 Å². The van der Waals surface area contributed by atoms with Crippen molar-refractivity contribution in [3.8, 4) is 5.75 Å². The second-order valence-electron chi connectivity index (χ2n) is 4.10. The van der Waals surface area contributed by atoms with Crippen LogP contribution in [0.2, 0.25) is 0 Å². The fraction of sp³-hybridized carbons (Fsp3) is 0.538. The maximum absolute atomic E-state index is 12.0. The number of nitrogens with one attached hydrogen (secondary N) is 1. The number of ether oxygens (including phenoxy) is 1. The molecule has 0 bridgehead atoms. The molecule has 1 N–H and O–H groups in total. The van der Waals surface area contributed by atoms with E-state index in [0.29, 0.717) is 5.75 Å². The fourth-order valence-electron chi connectivity index (χ4n) is 1.71. The van der Waals surface area contributed by atoms with Crippen LogP contribution < -0.4 is 10.1 Å². The van der Waals surface area contributed by atoms with E-state index < -0.39 is 5.51 Å². The SMILES string of the molecule is CCNC(C)c1cc(Br)ccc1OCCSC(F)(F)F. The van der Waals surface area contributed by atoms with E-state index >= 15 is 0 Å². The van der Waals surface area contributed by atoms with Gasteiger partial charge in [0.25, 0.3) is 0 Å². The van der Waals surface area contributed by atoms with Crippen molar-refractivity contribution in [3.63, 3.8) is 0 Å². The number of hydrogen-bond donors (Lipinski definition) is 1. The molecular formula is C13H17BrF3NOS. The predicted octanol–water partition coefficient (Wildman–Crippen LogP) is 4.75. The van der Waals surface area contributed by atoms with Crippen molar-refractivity contribution < 1.29 is 17.9 Å². The van der Waals surface area contributed by atoms with Gasteiger partial charge in [-0.3, -0.25) is 0 Å². The minimum Gasteiger partial charge on any atom is -0.492 e. The van der Waals surface area contributed by atoms with E-state index in [2.05, 4.69) is 21.2 Å². The minimum atomic E-state index is -4.21. The summed E-state index contributed by atoms with van der Waals surface area (Å²) >= 11 is 3.32. The Morgan fingerprint density at radius 2 is 2.10 bits per heavy atom. The smallest absolute Gasteiger partial charge is 0.441 e. The topological polar surface area (TPSA) is 21.3 Å². The molecule has 0 saturated carbocycles. The molecule has 0 saturated heterocycles. The molecule has 20 heavy (non-hydrogen) atoms. The fourth-order valence-corrected chi connectivity index (χ4v) is 2.49. The first-order chi connectivity index (χ1) is 9.33. The molecule has 114 valence electrons. The van der Waals surface area contributed by atoms with Crippen molar-refractivity contribution in [2.75, 3.05) is 18.9 Å².